The van der Waals surface area contributed by atoms with Crippen molar-refractivity contribution in [2.75, 3.05) is 20.7 Å². The van der Waals surface area contributed by atoms with E-state index in [1.165, 1.54) is 38.5 Å². The zero-order chi connectivity index (χ0) is 12.5. The molecule has 10 aliphatic rings. The monoisotopic (exact) mass is 301 g/mol. The molecule has 0 aromatic carbocycles. The first-order chi connectivity index (χ1) is 8.80. The molecule has 104 valence electrons. The zero-order valence-corrected chi connectivity index (χ0v) is 12.5. The second kappa shape index (κ2) is 0.652. The number of esters is 1. The molecule has 10 heterocycles. The summed E-state index contributed by atoms with van der Waals surface area (Å²) in [5.74, 6) is -0.0372. The molecule has 0 aliphatic carbocycles. The average Bonchev–Trinajstić information content (AvgIpc) is 3.29. The summed E-state index contributed by atoms with van der Waals surface area (Å²) in [6.07, 6.45) is 0. The molecule has 3 nitrogen and oxygen atoms in total. The molecule has 5 unspecified atom stereocenters. The summed E-state index contributed by atoms with van der Waals surface area (Å²) in [6, 6.07) is 0. The van der Waals surface area contributed by atoms with Crippen molar-refractivity contribution >= 4 is 5.97 Å². The van der Waals surface area contributed by atoms with Gasteiger partial charge in [-0.05, 0) is 0 Å². The Morgan fingerprint density at radius 2 is 1.68 bits per heavy atom. The van der Waals surface area contributed by atoms with Gasteiger partial charge in [-0.1, -0.05) is 0 Å². The third-order valence-electron chi connectivity index (χ3n) is 16.2. The Morgan fingerprint density at radius 3 is 2.00 bits per heavy atom. The predicted molar refractivity (Wildman–Crippen MR) is 65.7 cm³/mol. The van der Waals surface area contributed by atoms with E-state index in [0.717, 1.165) is 6.61 Å². The van der Waals surface area contributed by atoms with Crippen LogP contribution in [-0.2, 0) is 16.0 Å². The van der Waals surface area contributed by atoms with Crippen LogP contribution in [0.1, 0.15) is 6.92 Å². The molecule has 0 radical (unpaired) electrons. The summed E-state index contributed by atoms with van der Waals surface area (Å²) in [5, 5.41) is 0. The van der Waals surface area contributed by atoms with Crippen LogP contribution in [0, 0.1) is 0 Å². The van der Waals surface area contributed by atoms with Crippen molar-refractivity contribution in [1.29, 1.82) is 0 Å². The fraction of sp³-hybridized carbons (Fsp3) is 0.933. The number of hydrogen-bond acceptors (Lipinski definition) is 3. The molecule has 0 N–H and O–H groups in total. The second-order valence-electron chi connectivity index (χ2n) is 11.5. The van der Waals surface area contributed by atoms with E-state index in [2.05, 4.69) is 19.0 Å². The van der Waals surface area contributed by atoms with Crippen LogP contribution in [0.2, 0.25) is 42.8 Å². The van der Waals surface area contributed by atoms with Crippen LogP contribution in [0.4, 0.5) is 0 Å². The molecule has 10 aliphatic heterocycles. The molecule has 19 heavy (non-hydrogen) atoms. The number of hydrogen-bond donors (Lipinski definition) is 0. The maximum absolute atomic E-state index is 11.4. The first kappa shape index (κ1) is 7.82. The molecule has 0 bridgehead atoms. The van der Waals surface area contributed by atoms with Crippen LogP contribution in [0.15, 0.2) is 0 Å². The van der Waals surface area contributed by atoms with Gasteiger partial charge >= 0.3 is 102 Å². The molecule has 0 saturated carbocycles. The van der Waals surface area contributed by atoms with Crippen LogP contribution in [0.3, 0.4) is 0 Å². The van der Waals surface area contributed by atoms with E-state index in [1.54, 1.807) is 6.92 Å². The molecule has 10 rings (SSSR count). The molecule has 0 aromatic heterocycles. The van der Waals surface area contributed by atoms with Gasteiger partial charge in [0.1, 0.15) is 0 Å². The fourth-order valence-corrected chi connectivity index (χ4v) is 95.9. The fourth-order valence-electron chi connectivity index (χ4n) is 18.9. The van der Waals surface area contributed by atoms with Crippen molar-refractivity contribution in [3.05, 3.63) is 0 Å². The van der Waals surface area contributed by atoms with Crippen molar-refractivity contribution in [3.8, 4) is 0 Å². The van der Waals surface area contributed by atoms with E-state index >= 15 is 0 Å². The molecule has 0 aromatic rings. The number of ether oxygens (including phenoxy) is 1. The Kier molecular flexibility index (Phi) is 0.268. The SMILES string of the molecule is CC(=O)OC[C]12[CH]3[CH]4[CH]5[C]1(N(C)C)[Fe]43521678[CH]2[CH]1[CH]6[CH]7[CH]28. The van der Waals surface area contributed by atoms with E-state index in [9.17, 15) is 4.79 Å². The van der Waals surface area contributed by atoms with Crippen molar-refractivity contribution in [2.45, 2.75) is 54.2 Å². The van der Waals surface area contributed by atoms with Gasteiger partial charge in [-0.15, -0.1) is 0 Å². The molecule has 5 atom stereocenters. The quantitative estimate of drug-likeness (QED) is 0.593. The van der Waals surface area contributed by atoms with E-state index in [0.29, 0.717) is 8.75 Å². The van der Waals surface area contributed by atoms with Gasteiger partial charge < -0.3 is 0 Å². The molecule has 10 saturated heterocycles. The van der Waals surface area contributed by atoms with Crippen molar-refractivity contribution in [1.82, 2.24) is 4.90 Å². The van der Waals surface area contributed by atoms with E-state index < -0.39 is 6.51 Å². The van der Waals surface area contributed by atoms with Crippen LogP contribution >= 0.6 is 0 Å². The van der Waals surface area contributed by atoms with Crippen LogP contribution in [0.25, 0.3) is 0 Å². The van der Waals surface area contributed by atoms with Gasteiger partial charge in [-0.2, -0.15) is 0 Å². The van der Waals surface area contributed by atoms with Crippen molar-refractivity contribution < 1.29 is 16.0 Å². The summed E-state index contributed by atoms with van der Waals surface area (Å²) in [7, 11) is 4.74. The summed E-state index contributed by atoms with van der Waals surface area (Å²) in [5.41, 5.74) is 0. The third kappa shape index (κ3) is 0.0800. The summed E-state index contributed by atoms with van der Waals surface area (Å²) >= 11 is 0. The van der Waals surface area contributed by atoms with E-state index in [-0.39, 0.29) is 5.97 Å². The normalized spacial score (nSPS) is 112. The molecule has 1 spiro atoms. The summed E-state index contributed by atoms with van der Waals surface area (Å²) in [4.78, 5) is 24.2. The number of carbonyl (C=O) groups excluding carboxylic acids is 1. The van der Waals surface area contributed by atoms with Gasteiger partial charge in [-0.3, -0.25) is 0 Å². The number of rotatable bonds is 3. The zero-order valence-electron chi connectivity index (χ0n) is 11.4. The first-order valence-electron chi connectivity index (χ1n) is 7.82. The molecular formula is C15H19FeNO2. The topological polar surface area (TPSA) is 29.5 Å². The van der Waals surface area contributed by atoms with Gasteiger partial charge in [0, 0.05) is 0 Å². The van der Waals surface area contributed by atoms with Gasteiger partial charge in [-0.25, -0.2) is 0 Å². The Morgan fingerprint density at radius 1 is 1.11 bits per heavy atom. The molecule has 10 fully saturated rings. The summed E-state index contributed by atoms with van der Waals surface area (Å²) in [6.45, 7) is -0.810. The second-order valence-corrected chi connectivity index (χ2v) is 34.8. The van der Waals surface area contributed by atoms with Gasteiger partial charge in [0.05, 0.1) is 0 Å². The van der Waals surface area contributed by atoms with Gasteiger partial charge in [0.2, 0.25) is 0 Å². The summed E-state index contributed by atoms with van der Waals surface area (Å²) < 4.78 is 7.02. The molecule has 0 amide bonds. The minimum absolute atomic E-state index is 0.0372. The Bertz CT molecular complexity index is 1050. The van der Waals surface area contributed by atoms with E-state index in [4.69, 9.17) is 4.74 Å². The van der Waals surface area contributed by atoms with E-state index in [1.807, 2.05) is 0 Å². The van der Waals surface area contributed by atoms with Gasteiger partial charge in [0.25, 0.3) is 0 Å². The van der Waals surface area contributed by atoms with Crippen LogP contribution in [-0.4, -0.2) is 36.0 Å². The van der Waals surface area contributed by atoms with Crippen molar-refractivity contribution in [3.63, 3.8) is 0 Å². The van der Waals surface area contributed by atoms with Gasteiger partial charge in [0.15, 0.2) is 0 Å². The van der Waals surface area contributed by atoms with Crippen LogP contribution in [0.5, 0.6) is 0 Å². The molecular weight excluding hydrogens is 282 g/mol. The average molecular weight is 301 g/mol. The number of fused-ring (bicyclic) bond motifs is 10. The standard InChI is InChI=1S/C10H14NO2.C5H5.Fe/c1-8(12)13-7-9-5-4-6-10(9)11(2)3;1-2-4-5-3-1;/h4-6H,7H2,1-3H3;1-5H;. The minimum atomic E-state index is -3.26. The Hall–Kier alpha value is -0.0505. The predicted octanol–water partition coefficient (Wildman–Crippen LogP) is 2.78. The Balaban J connectivity index is 1.49. The maximum atomic E-state index is 11.4. The number of carbonyl (C=O) groups is 1. The number of nitrogens with zero attached hydrogens (tertiary/aromatic N) is 1. The Labute approximate surface area is 102 Å². The van der Waals surface area contributed by atoms with Crippen molar-refractivity contribution in [2.24, 2.45) is 0 Å². The molecule has 4 heteroatoms. The first-order valence-corrected chi connectivity index (χ1v) is 14.0. The third-order valence-corrected chi connectivity index (χ3v) is 59.6. The van der Waals surface area contributed by atoms with Crippen LogP contribution < -0.4 is 0 Å².